The molecule has 1 amide bonds. The van der Waals surface area contributed by atoms with Crippen LogP contribution < -0.4 is 10.2 Å². The van der Waals surface area contributed by atoms with Crippen molar-refractivity contribution in [3.05, 3.63) is 63.3 Å². The molecule has 0 aliphatic carbocycles. The summed E-state index contributed by atoms with van der Waals surface area (Å²) < 4.78 is 6.05. The summed E-state index contributed by atoms with van der Waals surface area (Å²) in [5, 5.41) is 16.2. The Labute approximate surface area is 186 Å². The van der Waals surface area contributed by atoms with Crippen molar-refractivity contribution in [2.45, 2.75) is 16.2 Å². The lowest BCUT2D eigenvalue weighted by Crippen LogP contribution is -2.36. The number of hydrogen-bond donors (Lipinski definition) is 1. The van der Waals surface area contributed by atoms with Crippen LogP contribution >= 0.6 is 23.1 Å². The molecule has 0 atom stereocenters. The summed E-state index contributed by atoms with van der Waals surface area (Å²) in [4.78, 5) is 35.0. The summed E-state index contributed by atoms with van der Waals surface area (Å²) in [5.74, 6) is 0.376. The highest BCUT2D eigenvalue weighted by atomic mass is 32.2. The van der Waals surface area contributed by atoms with Crippen molar-refractivity contribution in [2.75, 3.05) is 36.5 Å². The van der Waals surface area contributed by atoms with Crippen molar-refractivity contribution in [1.29, 1.82) is 0 Å². The number of nitro benzene ring substituents is 1. The van der Waals surface area contributed by atoms with E-state index in [9.17, 15) is 14.9 Å². The number of aryl methyl sites for hydroxylation is 1. The highest BCUT2D eigenvalue weighted by Gasteiger charge is 2.20. The topological polar surface area (TPSA) is 110 Å². The molecule has 4 rings (SSSR count). The second-order valence-corrected chi connectivity index (χ2v) is 8.90. The van der Waals surface area contributed by atoms with Crippen molar-refractivity contribution < 1.29 is 14.5 Å². The van der Waals surface area contributed by atoms with Gasteiger partial charge >= 0.3 is 0 Å². The van der Waals surface area contributed by atoms with Crippen molar-refractivity contribution in [1.82, 2.24) is 9.97 Å². The summed E-state index contributed by atoms with van der Waals surface area (Å²) in [5.41, 5.74) is 1.44. The predicted octanol–water partition coefficient (Wildman–Crippen LogP) is 3.99. The van der Waals surface area contributed by atoms with E-state index in [1.54, 1.807) is 24.4 Å². The maximum absolute atomic E-state index is 12.6. The van der Waals surface area contributed by atoms with Gasteiger partial charge in [0.05, 0.1) is 34.9 Å². The van der Waals surface area contributed by atoms with Gasteiger partial charge in [0.1, 0.15) is 5.82 Å². The summed E-state index contributed by atoms with van der Waals surface area (Å²) >= 11 is 2.63. The van der Waals surface area contributed by atoms with Crippen LogP contribution in [0.25, 0.3) is 0 Å². The van der Waals surface area contributed by atoms with Gasteiger partial charge in [0.15, 0.2) is 4.34 Å². The summed E-state index contributed by atoms with van der Waals surface area (Å²) in [6.45, 7) is 4.73. The second kappa shape index (κ2) is 9.41. The van der Waals surface area contributed by atoms with E-state index in [1.807, 2.05) is 18.4 Å². The molecule has 31 heavy (non-hydrogen) atoms. The van der Waals surface area contributed by atoms with Crippen LogP contribution in [-0.2, 0) is 4.74 Å². The van der Waals surface area contributed by atoms with E-state index in [0.717, 1.165) is 24.6 Å². The quantitative estimate of drug-likeness (QED) is 0.437. The zero-order valence-corrected chi connectivity index (χ0v) is 18.2. The number of nitro groups is 1. The zero-order chi connectivity index (χ0) is 21.8. The molecule has 1 aromatic carbocycles. The third kappa shape index (κ3) is 5.19. The standard InChI is InChI=1S/C20H19N5O4S2/c1-13-12-30-20(22-13)31-17-4-2-14(10-16(17)25(27)28)19(26)23-15-3-5-18(21-11-15)24-6-8-29-9-7-24/h2-5,10-12H,6-9H2,1H3,(H,23,26). The molecule has 3 aromatic rings. The maximum Gasteiger partial charge on any atom is 0.284 e. The normalized spacial score (nSPS) is 13.8. The molecule has 0 bridgehead atoms. The van der Waals surface area contributed by atoms with Gasteiger partial charge in [-0.25, -0.2) is 9.97 Å². The van der Waals surface area contributed by atoms with Crippen LogP contribution in [0.4, 0.5) is 17.2 Å². The van der Waals surface area contributed by atoms with Gasteiger partial charge in [-0.3, -0.25) is 14.9 Å². The van der Waals surface area contributed by atoms with Gasteiger partial charge in [-0.2, -0.15) is 0 Å². The lowest BCUT2D eigenvalue weighted by molar-refractivity contribution is -0.387. The molecule has 0 saturated carbocycles. The molecule has 1 N–H and O–H groups in total. The molecule has 160 valence electrons. The number of morpholine rings is 1. The fourth-order valence-corrected chi connectivity index (χ4v) is 4.88. The molecule has 11 heteroatoms. The van der Waals surface area contributed by atoms with Gasteiger partial charge in [0, 0.05) is 35.8 Å². The molecule has 1 saturated heterocycles. The highest BCUT2D eigenvalue weighted by Crippen LogP contribution is 2.36. The first-order valence-corrected chi connectivity index (χ1v) is 11.2. The van der Waals surface area contributed by atoms with E-state index in [0.29, 0.717) is 28.1 Å². The van der Waals surface area contributed by atoms with E-state index in [2.05, 4.69) is 20.2 Å². The monoisotopic (exact) mass is 457 g/mol. The molecule has 1 aliphatic heterocycles. The first-order valence-electron chi connectivity index (χ1n) is 9.48. The number of ether oxygens (including phenoxy) is 1. The smallest absolute Gasteiger partial charge is 0.284 e. The zero-order valence-electron chi connectivity index (χ0n) is 16.6. The van der Waals surface area contributed by atoms with E-state index < -0.39 is 10.8 Å². The molecule has 0 unspecified atom stereocenters. The van der Waals surface area contributed by atoms with E-state index in [1.165, 1.54) is 29.2 Å². The number of benzene rings is 1. The molecule has 1 aliphatic rings. The van der Waals surface area contributed by atoms with Crippen LogP contribution in [0.1, 0.15) is 16.1 Å². The number of rotatable bonds is 6. The number of nitrogens with one attached hydrogen (secondary N) is 1. The number of anilines is 2. The Morgan fingerprint density at radius 1 is 1.29 bits per heavy atom. The van der Waals surface area contributed by atoms with Gasteiger partial charge in [-0.05, 0) is 31.2 Å². The average molecular weight is 458 g/mol. The lowest BCUT2D eigenvalue weighted by atomic mass is 10.2. The molecular formula is C20H19N5O4S2. The molecule has 1 fully saturated rings. The molecular weight excluding hydrogens is 438 g/mol. The first-order chi connectivity index (χ1) is 15.0. The minimum atomic E-state index is -0.488. The summed E-state index contributed by atoms with van der Waals surface area (Å²) in [7, 11) is 0. The largest absolute Gasteiger partial charge is 0.378 e. The molecule has 0 radical (unpaired) electrons. The van der Waals surface area contributed by atoms with Crippen LogP contribution in [0.5, 0.6) is 0 Å². The summed E-state index contributed by atoms with van der Waals surface area (Å²) in [6.07, 6.45) is 1.58. The minimum Gasteiger partial charge on any atom is -0.378 e. The van der Waals surface area contributed by atoms with Gasteiger partial charge < -0.3 is 15.0 Å². The fourth-order valence-electron chi connectivity index (χ4n) is 3.00. The fraction of sp³-hybridized carbons (Fsp3) is 0.250. The van der Waals surface area contributed by atoms with Crippen LogP contribution in [-0.4, -0.2) is 47.1 Å². The summed E-state index contributed by atoms with van der Waals surface area (Å²) in [6, 6.07) is 8.03. The van der Waals surface area contributed by atoms with Gasteiger partial charge in [-0.1, -0.05) is 11.8 Å². The highest BCUT2D eigenvalue weighted by molar-refractivity contribution is 8.01. The number of hydrogen-bond acceptors (Lipinski definition) is 9. The molecule has 9 nitrogen and oxygen atoms in total. The van der Waals surface area contributed by atoms with E-state index >= 15 is 0 Å². The Hall–Kier alpha value is -3.02. The number of carbonyl (C=O) groups is 1. The number of amides is 1. The van der Waals surface area contributed by atoms with Crippen LogP contribution in [0, 0.1) is 17.0 Å². The average Bonchev–Trinajstić information content (AvgIpc) is 3.19. The van der Waals surface area contributed by atoms with Crippen molar-refractivity contribution in [3.63, 3.8) is 0 Å². The van der Waals surface area contributed by atoms with Gasteiger partial charge in [-0.15, -0.1) is 11.3 Å². The Balaban J connectivity index is 1.47. The Kier molecular flexibility index (Phi) is 6.44. The number of carbonyl (C=O) groups excluding carboxylic acids is 1. The van der Waals surface area contributed by atoms with E-state index in [-0.39, 0.29) is 11.3 Å². The Bertz CT molecular complexity index is 1100. The van der Waals surface area contributed by atoms with Crippen molar-refractivity contribution in [2.24, 2.45) is 0 Å². The van der Waals surface area contributed by atoms with Crippen LogP contribution in [0.3, 0.4) is 0 Å². The number of nitrogens with zero attached hydrogens (tertiary/aromatic N) is 4. The SMILES string of the molecule is Cc1csc(Sc2ccc(C(=O)Nc3ccc(N4CCOCC4)nc3)cc2[N+](=O)[O-])n1. The third-order valence-electron chi connectivity index (χ3n) is 4.55. The minimum absolute atomic E-state index is 0.133. The van der Waals surface area contributed by atoms with E-state index in [4.69, 9.17) is 4.74 Å². The number of pyridine rings is 1. The molecule has 3 heterocycles. The lowest BCUT2D eigenvalue weighted by Gasteiger charge is -2.27. The van der Waals surface area contributed by atoms with Gasteiger partial charge in [0.25, 0.3) is 11.6 Å². The van der Waals surface area contributed by atoms with Crippen LogP contribution in [0.2, 0.25) is 0 Å². The Morgan fingerprint density at radius 3 is 2.74 bits per heavy atom. The number of thiazole rings is 1. The van der Waals surface area contributed by atoms with Crippen molar-refractivity contribution >= 4 is 46.2 Å². The third-order valence-corrected chi connectivity index (χ3v) is 6.68. The maximum atomic E-state index is 12.6. The molecule has 0 spiro atoms. The second-order valence-electron chi connectivity index (χ2n) is 6.76. The van der Waals surface area contributed by atoms with Crippen LogP contribution in [0.15, 0.2) is 51.1 Å². The Morgan fingerprint density at radius 2 is 2.10 bits per heavy atom. The predicted molar refractivity (Wildman–Crippen MR) is 119 cm³/mol. The number of aromatic nitrogens is 2. The van der Waals surface area contributed by atoms with Gasteiger partial charge in [0.2, 0.25) is 0 Å². The molecule has 2 aromatic heterocycles. The first kappa shape index (κ1) is 21.2. The van der Waals surface area contributed by atoms with Crippen molar-refractivity contribution in [3.8, 4) is 0 Å².